The molecule has 0 aliphatic rings. The molecule has 0 aliphatic carbocycles. The van der Waals surface area contributed by atoms with E-state index in [0.29, 0.717) is 6.04 Å². The highest BCUT2D eigenvalue weighted by Crippen LogP contribution is 2.04. The van der Waals surface area contributed by atoms with Gasteiger partial charge >= 0.3 is 0 Å². The first-order valence-corrected chi connectivity index (χ1v) is 6.11. The Morgan fingerprint density at radius 2 is 2.00 bits per heavy atom. The van der Waals surface area contributed by atoms with Crippen LogP contribution in [0.1, 0.15) is 34.1 Å². The topological polar surface area (TPSA) is 29.1 Å². The van der Waals surface area contributed by atoms with Crippen LogP contribution in [0.5, 0.6) is 0 Å². The summed E-state index contributed by atoms with van der Waals surface area (Å²) in [4.78, 5) is 11.3. The normalized spacial score (nSPS) is 13.0. The van der Waals surface area contributed by atoms with Gasteiger partial charge in [0.1, 0.15) is 0 Å². The SMILES string of the molecule is CCSCCC(C)NC(=O)C(C)C. The Balaban J connectivity index is 3.50. The van der Waals surface area contributed by atoms with Gasteiger partial charge in [0.15, 0.2) is 0 Å². The van der Waals surface area contributed by atoms with Crippen LogP contribution in [0.4, 0.5) is 0 Å². The van der Waals surface area contributed by atoms with Crippen LogP contribution >= 0.6 is 11.8 Å². The van der Waals surface area contributed by atoms with Crippen molar-refractivity contribution in [2.75, 3.05) is 11.5 Å². The molecular weight excluding hydrogens is 182 g/mol. The van der Waals surface area contributed by atoms with Crippen molar-refractivity contribution in [1.82, 2.24) is 5.32 Å². The fourth-order valence-electron chi connectivity index (χ4n) is 0.886. The predicted molar refractivity (Wildman–Crippen MR) is 60.1 cm³/mol. The minimum absolute atomic E-state index is 0.0984. The second kappa shape index (κ2) is 7.25. The summed E-state index contributed by atoms with van der Waals surface area (Å²) >= 11 is 1.92. The molecule has 0 aliphatic heterocycles. The summed E-state index contributed by atoms with van der Waals surface area (Å²) in [5.41, 5.74) is 0. The quantitative estimate of drug-likeness (QED) is 0.671. The van der Waals surface area contributed by atoms with E-state index in [0.717, 1.165) is 17.9 Å². The van der Waals surface area contributed by atoms with Crippen molar-refractivity contribution in [2.45, 2.75) is 40.2 Å². The predicted octanol–water partition coefficient (Wildman–Crippen LogP) is 2.29. The summed E-state index contributed by atoms with van der Waals surface area (Å²) in [7, 11) is 0. The van der Waals surface area contributed by atoms with Crippen LogP contribution in [0.3, 0.4) is 0 Å². The molecule has 1 N–H and O–H groups in total. The molecule has 2 nitrogen and oxygen atoms in total. The molecule has 1 atom stereocenters. The Labute approximate surface area is 85.9 Å². The molecule has 0 saturated carbocycles. The van der Waals surface area contributed by atoms with Gasteiger partial charge < -0.3 is 5.32 Å². The van der Waals surface area contributed by atoms with E-state index in [9.17, 15) is 4.79 Å². The molecule has 0 aromatic rings. The van der Waals surface area contributed by atoms with Crippen molar-refractivity contribution >= 4 is 17.7 Å². The van der Waals surface area contributed by atoms with E-state index in [2.05, 4.69) is 19.2 Å². The second-order valence-electron chi connectivity index (χ2n) is 3.55. The molecule has 78 valence electrons. The fourth-order valence-corrected chi connectivity index (χ4v) is 1.70. The Kier molecular flexibility index (Phi) is 7.14. The number of carbonyl (C=O) groups excluding carboxylic acids is 1. The molecule has 0 heterocycles. The average Bonchev–Trinajstić information content (AvgIpc) is 2.04. The molecular formula is C10H21NOS. The van der Waals surface area contributed by atoms with E-state index < -0.39 is 0 Å². The van der Waals surface area contributed by atoms with E-state index in [-0.39, 0.29) is 11.8 Å². The van der Waals surface area contributed by atoms with Crippen LogP contribution in [-0.4, -0.2) is 23.5 Å². The third-order valence-corrected chi connectivity index (χ3v) is 2.74. The van der Waals surface area contributed by atoms with Crippen LogP contribution in [0, 0.1) is 5.92 Å². The lowest BCUT2D eigenvalue weighted by Gasteiger charge is -2.14. The van der Waals surface area contributed by atoms with Gasteiger partial charge in [-0.25, -0.2) is 0 Å². The van der Waals surface area contributed by atoms with Gasteiger partial charge in [0, 0.05) is 12.0 Å². The molecule has 1 amide bonds. The molecule has 3 heteroatoms. The molecule has 0 spiro atoms. The first-order chi connectivity index (χ1) is 6.07. The Hall–Kier alpha value is -0.180. The summed E-state index contributed by atoms with van der Waals surface area (Å²) in [5.74, 6) is 2.55. The number of amides is 1. The summed E-state index contributed by atoms with van der Waals surface area (Å²) in [5, 5.41) is 2.99. The van der Waals surface area contributed by atoms with Gasteiger partial charge in [0.25, 0.3) is 0 Å². The van der Waals surface area contributed by atoms with Crippen molar-refractivity contribution < 1.29 is 4.79 Å². The van der Waals surface area contributed by atoms with E-state index in [1.807, 2.05) is 25.6 Å². The first kappa shape index (κ1) is 12.8. The van der Waals surface area contributed by atoms with Crippen molar-refractivity contribution in [3.63, 3.8) is 0 Å². The summed E-state index contributed by atoms with van der Waals surface area (Å²) in [6.45, 7) is 8.06. The highest BCUT2D eigenvalue weighted by Gasteiger charge is 2.09. The van der Waals surface area contributed by atoms with E-state index in [4.69, 9.17) is 0 Å². The highest BCUT2D eigenvalue weighted by atomic mass is 32.2. The number of thioether (sulfide) groups is 1. The number of carbonyl (C=O) groups is 1. The Morgan fingerprint density at radius 3 is 2.46 bits per heavy atom. The molecule has 0 bridgehead atoms. The van der Waals surface area contributed by atoms with Gasteiger partial charge in [-0.05, 0) is 24.9 Å². The molecule has 0 aromatic heterocycles. The zero-order chi connectivity index (χ0) is 10.3. The second-order valence-corrected chi connectivity index (χ2v) is 4.94. The minimum Gasteiger partial charge on any atom is -0.353 e. The average molecular weight is 203 g/mol. The molecule has 0 radical (unpaired) electrons. The van der Waals surface area contributed by atoms with Crippen LogP contribution in [-0.2, 0) is 4.79 Å². The van der Waals surface area contributed by atoms with E-state index in [1.165, 1.54) is 0 Å². The van der Waals surface area contributed by atoms with Crippen LogP contribution < -0.4 is 5.32 Å². The summed E-state index contributed by atoms with van der Waals surface area (Å²) < 4.78 is 0. The van der Waals surface area contributed by atoms with Gasteiger partial charge in [-0.3, -0.25) is 4.79 Å². The van der Waals surface area contributed by atoms with Crippen molar-refractivity contribution in [3.8, 4) is 0 Å². The van der Waals surface area contributed by atoms with Crippen LogP contribution in [0.2, 0.25) is 0 Å². The third kappa shape index (κ3) is 6.94. The van der Waals surface area contributed by atoms with Crippen LogP contribution in [0.25, 0.3) is 0 Å². The Morgan fingerprint density at radius 1 is 1.38 bits per heavy atom. The monoisotopic (exact) mass is 203 g/mol. The largest absolute Gasteiger partial charge is 0.353 e. The standard InChI is InChI=1S/C10H21NOS/c1-5-13-7-6-9(4)11-10(12)8(2)3/h8-9H,5-7H2,1-4H3,(H,11,12). The van der Waals surface area contributed by atoms with Crippen molar-refractivity contribution in [1.29, 1.82) is 0 Å². The summed E-state index contributed by atoms with van der Waals surface area (Å²) in [6.07, 6.45) is 1.07. The number of nitrogens with one attached hydrogen (secondary N) is 1. The lowest BCUT2D eigenvalue weighted by atomic mass is 10.2. The highest BCUT2D eigenvalue weighted by molar-refractivity contribution is 7.99. The number of hydrogen-bond acceptors (Lipinski definition) is 2. The zero-order valence-electron chi connectivity index (χ0n) is 9.09. The molecule has 13 heavy (non-hydrogen) atoms. The van der Waals surface area contributed by atoms with E-state index >= 15 is 0 Å². The first-order valence-electron chi connectivity index (χ1n) is 4.96. The maximum atomic E-state index is 11.3. The third-order valence-electron chi connectivity index (χ3n) is 1.81. The van der Waals surface area contributed by atoms with Crippen molar-refractivity contribution in [2.24, 2.45) is 5.92 Å². The number of rotatable bonds is 6. The fraction of sp³-hybridized carbons (Fsp3) is 0.900. The van der Waals surface area contributed by atoms with Crippen LogP contribution in [0.15, 0.2) is 0 Å². The minimum atomic E-state index is 0.0984. The lowest BCUT2D eigenvalue weighted by molar-refractivity contribution is -0.124. The molecule has 0 aromatic carbocycles. The van der Waals surface area contributed by atoms with Gasteiger partial charge in [-0.15, -0.1) is 0 Å². The van der Waals surface area contributed by atoms with E-state index in [1.54, 1.807) is 0 Å². The summed E-state index contributed by atoms with van der Waals surface area (Å²) in [6, 6.07) is 0.314. The molecule has 0 rings (SSSR count). The Bertz CT molecular complexity index is 148. The van der Waals surface area contributed by atoms with Gasteiger partial charge in [-0.2, -0.15) is 11.8 Å². The maximum absolute atomic E-state index is 11.3. The number of hydrogen-bond donors (Lipinski definition) is 1. The lowest BCUT2D eigenvalue weighted by Crippen LogP contribution is -2.35. The zero-order valence-corrected chi connectivity index (χ0v) is 9.91. The molecule has 0 saturated heterocycles. The smallest absolute Gasteiger partial charge is 0.222 e. The van der Waals surface area contributed by atoms with Gasteiger partial charge in [0.2, 0.25) is 5.91 Å². The molecule has 1 unspecified atom stereocenters. The van der Waals surface area contributed by atoms with Gasteiger partial charge in [-0.1, -0.05) is 20.8 Å². The maximum Gasteiger partial charge on any atom is 0.222 e. The molecule has 0 fully saturated rings. The van der Waals surface area contributed by atoms with Crippen molar-refractivity contribution in [3.05, 3.63) is 0 Å². The van der Waals surface area contributed by atoms with Gasteiger partial charge in [0.05, 0.1) is 0 Å².